The summed E-state index contributed by atoms with van der Waals surface area (Å²) in [6.07, 6.45) is -1.88. The summed E-state index contributed by atoms with van der Waals surface area (Å²) in [6.45, 7) is 5.05. The number of aliphatic hydroxyl groups excluding tert-OH is 2. The third-order valence-corrected chi connectivity index (χ3v) is 11.9. The van der Waals surface area contributed by atoms with Crippen molar-refractivity contribution in [2.75, 3.05) is 0 Å². The number of fused-ring (bicyclic) bond motifs is 5. The molecule has 9 heteroatoms. The van der Waals surface area contributed by atoms with Crippen LogP contribution in [0.15, 0.2) is 72.3 Å². The molecule has 0 saturated heterocycles. The molecule has 0 radical (unpaired) electrons. The summed E-state index contributed by atoms with van der Waals surface area (Å²) < 4.78 is 12.0. The van der Waals surface area contributed by atoms with Crippen molar-refractivity contribution >= 4 is 11.9 Å². The molecule has 0 aromatic heterocycles. The summed E-state index contributed by atoms with van der Waals surface area (Å²) >= 11 is 0. The first-order valence-electron chi connectivity index (χ1n) is 15.5. The zero-order valence-electron chi connectivity index (χ0n) is 25.3. The molecule has 3 saturated carbocycles. The molecule has 10 atom stereocenters. The Morgan fingerprint density at radius 2 is 1.45 bits per heavy atom. The number of benzene rings is 2. The van der Waals surface area contributed by atoms with Gasteiger partial charge in [0, 0.05) is 5.92 Å². The topological polar surface area (TPSA) is 154 Å². The highest BCUT2D eigenvalue weighted by Crippen LogP contribution is 2.71. The van der Waals surface area contributed by atoms with E-state index in [4.69, 9.17) is 9.47 Å². The van der Waals surface area contributed by atoms with Crippen molar-refractivity contribution in [3.05, 3.63) is 83.4 Å². The van der Waals surface area contributed by atoms with E-state index in [-0.39, 0.29) is 30.4 Å². The molecule has 3 fully saturated rings. The molecule has 2 aromatic carbocycles. The molecule has 0 heterocycles. The third kappa shape index (κ3) is 4.09. The van der Waals surface area contributed by atoms with E-state index in [9.17, 15) is 35.1 Å². The lowest BCUT2D eigenvalue weighted by molar-refractivity contribution is -0.341. The molecule has 0 aliphatic heterocycles. The molecule has 4 aliphatic rings. The second kappa shape index (κ2) is 10.5. The van der Waals surface area contributed by atoms with Crippen LogP contribution in [-0.4, -0.2) is 78.7 Å². The SMILES string of the molecule is C[C@@H](OC(=O)c1ccccc1)[C@]1(O)CC[C@]2(O)[C@]3(O)[C@H](O)C=C4C[C@@H](O)CC[C@]4(C)[C@H]3C[C@@H](OC(=O)c3ccccc3)[C@@]21C. The highest BCUT2D eigenvalue weighted by Gasteiger charge is 2.83. The quantitative estimate of drug-likeness (QED) is 0.255. The van der Waals surface area contributed by atoms with Gasteiger partial charge >= 0.3 is 11.9 Å². The van der Waals surface area contributed by atoms with Crippen molar-refractivity contribution in [2.45, 2.75) is 101 Å². The van der Waals surface area contributed by atoms with E-state index in [1.54, 1.807) is 73.7 Å². The van der Waals surface area contributed by atoms with Crippen molar-refractivity contribution < 1.29 is 44.6 Å². The first-order valence-corrected chi connectivity index (χ1v) is 15.5. The molecule has 9 nitrogen and oxygen atoms in total. The number of hydrogen-bond donors (Lipinski definition) is 5. The van der Waals surface area contributed by atoms with Gasteiger partial charge in [-0.3, -0.25) is 0 Å². The maximum absolute atomic E-state index is 13.6. The predicted octanol–water partition coefficient (Wildman–Crippen LogP) is 3.32. The molecule has 2 aromatic rings. The van der Waals surface area contributed by atoms with Crippen LogP contribution in [0.25, 0.3) is 0 Å². The Labute approximate surface area is 257 Å². The minimum Gasteiger partial charge on any atom is -0.458 e. The minimum atomic E-state index is -2.17. The summed E-state index contributed by atoms with van der Waals surface area (Å²) in [5, 5.41) is 60.2. The summed E-state index contributed by atoms with van der Waals surface area (Å²) in [5.74, 6) is -2.12. The Morgan fingerprint density at radius 1 is 0.864 bits per heavy atom. The Bertz CT molecular complexity index is 1460. The number of esters is 2. The van der Waals surface area contributed by atoms with Gasteiger partial charge in [0.05, 0.1) is 22.6 Å². The van der Waals surface area contributed by atoms with Gasteiger partial charge in [0.1, 0.15) is 35.1 Å². The van der Waals surface area contributed by atoms with Gasteiger partial charge in [-0.25, -0.2) is 9.59 Å². The standard InChI is InChI=1S/C35H42O9/c1-21(43-29(38)22-10-6-4-7-11-22)33(40)16-17-34(41)32(33,3)28(44-30(39)23-12-8-5-9-13-23)20-26-31(2)15-14-25(36)18-24(31)19-27(37)35(26,34)42/h4-13,19,21,25-28,36-37,40-42H,14-18,20H2,1-3H3/t21-,25+,26-,27-,28-,31+,32-,33-,34-,35-/m1/s1. The van der Waals surface area contributed by atoms with E-state index in [0.29, 0.717) is 19.3 Å². The van der Waals surface area contributed by atoms with Crippen LogP contribution in [0.4, 0.5) is 0 Å². The molecule has 0 amide bonds. The molecular formula is C35H42O9. The predicted molar refractivity (Wildman–Crippen MR) is 159 cm³/mol. The van der Waals surface area contributed by atoms with E-state index in [1.165, 1.54) is 6.92 Å². The van der Waals surface area contributed by atoms with Crippen LogP contribution in [0.5, 0.6) is 0 Å². The van der Waals surface area contributed by atoms with Crippen molar-refractivity contribution in [2.24, 2.45) is 16.7 Å². The van der Waals surface area contributed by atoms with Gasteiger partial charge in [0.15, 0.2) is 0 Å². The molecule has 4 aliphatic carbocycles. The second-order valence-electron chi connectivity index (χ2n) is 13.7. The third-order valence-electron chi connectivity index (χ3n) is 11.9. The van der Waals surface area contributed by atoms with E-state index < -0.39 is 69.9 Å². The Balaban J connectivity index is 1.46. The lowest BCUT2D eigenvalue weighted by Gasteiger charge is -2.68. The van der Waals surface area contributed by atoms with Gasteiger partial charge < -0.3 is 35.0 Å². The molecule has 44 heavy (non-hydrogen) atoms. The molecule has 236 valence electrons. The number of carbonyl (C=O) groups is 2. The smallest absolute Gasteiger partial charge is 0.338 e. The number of carbonyl (C=O) groups excluding carboxylic acids is 2. The fourth-order valence-corrected chi connectivity index (χ4v) is 9.18. The van der Waals surface area contributed by atoms with Crippen LogP contribution in [0.1, 0.15) is 80.0 Å². The van der Waals surface area contributed by atoms with Gasteiger partial charge in [-0.1, -0.05) is 61.9 Å². The average Bonchev–Trinajstić information content (AvgIpc) is 3.24. The number of hydrogen-bond acceptors (Lipinski definition) is 9. The van der Waals surface area contributed by atoms with Crippen LogP contribution < -0.4 is 0 Å². The van der Waals surface area contributed by atoms with E-state index in [0.717, 1.165) is 5.57 Å². The first-order chi connectivity index (χ1) is 20.7. The Morgan fingerprint density at radius 3 is 2.07 bits per heavy atom. The molecule has 0 bridgehead atoms. The largest absolute Gasteiger partial charge is 0.458 e. The summed E-state index contributed by atoms with van der Waals surface area (Å²) in [4.78, 5) is 26.7. The van der Waals surface area contributed by atoms with Crippen LogP contribution >= 0.6 is 0 Å². The highest BCUT2D eigenvalue weighted by molar-refractivity contribution is 5.90. The van der Waals surface area contributed by atoms with Crippen LogP contribution in [0.3, 0.4) is 0 Å². The monoisotopic (exact) mass is 606 g/mol. The van der Waals surface area contributed by atoms with Crippen molar-refractivity contribution in [3.63, 3.8) is 0 Å². The average molecular weight is 607 g/mol. The maximum Gasteiger partial charge on any atom is 0.338 e. The van der Waals surface area contributed by atoms with Crippen LogP contribution in [0.2, 0.25) is 0 Å². The lowest BCUT2D eigenvalue weighted by Crippen LogP contribution is -2.81. The van der Waals surface area contributed by atoms with Crippen molar-refractivity contribution in [1.29, 1.82) is 0 Å². The van der Waals surface area contributed by atoms with Crippen LogP contribution in [-0.2, 0) is 9.47 Å². The van der Waals surface area contributed by atoms with Gasteiger partial charge in [-0.05, 0) is 75.1 Å². The molecule has 0 spiro atoms. The zero-order chi connectivity index (χ0) is 31.7. The van der Waals surface area contributed by atoms with E-state index in [2.05, 4.69) is 0 Å². The Kier molecular flexibility index (Phi) is 7.37. The van der Waals surface area contributed by atoms with Gasteiger partial charge in [-0.15, -0.1) is 0 Å². The summed E-state index contributed by atoms with van der Waals surface area (Å²) in [7, 11) is 0. The Hall–Kier alpha value is -3.08. The first kappa shape index (κ1) is 30.9. The number of aliphatic hydroxyl groups is 5. The van der Waals surface area contributed by atoms with Gasteiger partial charge in [0.25, 0.3) is 0 Å². The highest BCUT2D eigenvalue weighted by atomic mass is 16.6. The van der Waals surface area contributed by atoms with Crippen molar-refractivity contribution in [3.8, 4) is 0 Å². The van der Waals surface area contributed by atoms with E-state index in [1.807, 2.05) is 6.92 Å². The fraction of sp³-hybridized carbons (Fsp3) is 0.543. The molecule has 0 unspecified atom stereocenters. The lowest BCUT2D eigenvalue weighted by atomic mass is 9.41. The molecular weight excluding hydrogens is 564 g/mol. The number of rotatable bonds is 5. The maximum atomic E-state index is 13.6. The minimum absolute atomic E-state index is 0.0105. The fourth-order valence-electron chi connectivity index (χ4n) is 9.18. The van der Waals surface area contributed by atoms with Crippen LogP contribution in [0, 0.1) is 16.7 Å². The van der Waals surface area contributed by atoms with Gasteiger partial charge in [-0.2, -0.15) is 0 Å². The van der Waals surface area contributed by atoms with E-state index >= 15 is 0 Å². The summed E-state index contributed by atoms with van der Waals surface area (Å²) in [6, 6.07) is 16.7. The molecule has 5 N–H and O–H groups in total. The number of ether oxygens (including phenoxy) is 2. The second-order valence-corrected chi connectivity index (χ2v) is 13.7. The normalized spacial score (nSPS) is 41.8. The van der Waals surface area contributed by atoms with Gasteiger partial charge in [0.2, 0.25) is 0 Å². The summed E-state index contributed by atoms with van der Waals surface area (Å²) in [5.41, 5.74) is -7.46. The van der Waals surface area contributed by atoms with Crippen molar-refractivity contribution in [1.82, 2.24) is 0 Å². The zero-order valence-corrected chi connectivity index (χ0v) is 25.3. The molecule has 6 rings (SSSR count).